The van der Waals surface area contributed by atoms with E-state index in [9.17, 15) is 9.59 Å². The number of ether oxygens (including phenoxy) is 2. The monoisotopic (exact) mass is 410 g/mol. The zero-order valence-corrected chi connectivity index (χ0v) is 17.6. The van der Waals surface area contributed by atoms with Gasteiger partial charge < -0.3 is 13.9 Å². The summed E-state index contributed by atoms with van der Waals surface area (Å²) in [5, 5.41) is 0.895. The van der Waals surface area contributed by atoms with Crippen molar-refractivity contribution >= 4 is 22.8 Å². The molecule has 1 aromatic heterocycles. The number of hydrogen-bond donors (Lipinski definition) is 2. The van der Waals surface area contributed by atoms with Gasteiger partial charge in [-0.1, -0.05) is 12.1 Å². The molecule has 0 aliphatic heterocycles. The predicted molar refractivity (Wildman–Crippen MR) is 113 cm³/mol. The van der Waals surface area contributed by atoms with E-state index in [-0.39, 0.29) is 12.3 Å². The van der Waals surface area contributed by atoms with Crippen LogP contribution < -0.4 is 20.3 Å². The maximum Gasteiger partial charge on any atom is 0.279 e. The average molecular weight is 410 g/mol. The fourth-order valence-electron chi connectivity index (χ4n) is 3.01. The Balaban J connectivity index is 1.51. The molecule has 3 aromatic rings. The van der Waals surface area contributed by atoms with Crippen LogP contribution in [0.4, 0.5) is 0 Å². The Hall–Kier alpha value is -3.48. The first-order valence-electron chi connectivity index (χ1n) is 9.83. The second-order valence-electron chi connectivity index (χ2n) is 7.02. The van der Waals surface area contributed by atoms with Crippen molar-refractivity contribution in [2.75, 3.05) is 6.61 Å². The van der Waals surface area contributed by atoms with Crippen molar-refractivity contribution in [2.24, 2.45) is 0 Å². The van der Waals surface area contributed by atoms with Gasteiger partial charge in [-0.15, -0.1) is 0 Å². The number of hydrogen-bond acceptors (Lipinski definition) is 5. The van der Waals surface area contributed by atoms with Gasteiger partial charge in [-0.3, -0.25) is 20.4 Å². The SMILES string of the molecule is CCOc1ccc(O[C@@H](C)C(=O)NNC(=O)Cc2coc3c(C)c(C)ccc23)cc1. The standard InChI is InChI=1S/C23H26N2O5/c1-5-28-18-7-9-19(10-8-18)30-16(4)23(27)25-24-21(26)12-17-13-29-22-15(3)14(2)6-11-20(17)22/h6-11,13,16H,5,12H2,1-4H3,(H,24,26)(H,25,27)/t16-/m0/s1. The number of aryl methyl sites for hydroxylation is 2. The van der Waals surface area contributed by atoms with Gasteiger partial charge in [-0.2, -0.15) is 0 Å². The Morgan fingerprint density at radius 1 is 1.03 bits per heavy atom. The summed E-state index contributed by atoms with van der Waals surface area (Å²) in [5.41, 5.74) is 8.54. The number of carbonyl (C=O) groups excluding carboxylic acids is 2. The highest BCUT2D eigenvalue weighted by Gasteiger charge is 2.17. The molecule has 3 rings (SSSR count). The third kappa shape index (κ3) is 4.92. The molecule has 0 unspecified atom stereocenters. The van der Waals surface area contributed by atoms with E-state index in [1.807, 2.05) is 32.9 Å². The minimum absolute atomic E-state index is 0.0872. The van der Waals surface area contributed by atoms with Crippen molar-refractivity contribution in [1.29, 1.82) is 0 Å². The summed E-state index contributed by atoms with van der Waals surface area (Å²) in [4.78, 5) is 24.5. The summed E-state index contributed by atoms with van der Waals surface area (Å²) in [6.07, 6.45) is 0.878. The van der Waals surface area contributed by atoms with E-state index in [0.29, 0.717) is 12.4 Å². The zero-order chi connectivity index (χ0) is 21.7. The minimum Gasteiger partial charge on any atom is -0.494 e. The van der Waals surface area contributed by atoms with Gasteiger partial charge in [0.2, 0.25) is 5.91 Å². The lowest BCUT2D eigenvalue weighted by atomic mass is 10.0. The molecular formula is C23H26N2O5. The van der Waals surface area contributed by atoms with Crippen molar-refractivity contribution in [3.63, 3.8) is 0 Å². The maximum absolute atomic E-state index is 12.3. The van der Waals surface area contributed by atoms with Gasteiger partial charge in [0.15, 0.2) is 6.10 Å². The summed E-state index contributed by atoms with van der Waals surface area (Å²) in [5.74, 6) is 0.451. The molecule has 0 radical (unpaired) electrons. The highest BCUT2D eigenvalue weighted by atomic mass is 16.5. The number of rotatable bonds is 7. The van der Waals surface area contributed by atoms with E-state index in [0.717, 1.165) is 33.4 Å². The number of nitrogens with one attached hydrogen (secondary N) is 2. The van der Waals surface area contributed by atoms with Gasteiger partial charge in [0.05, 0.1) is 19.3 Å². The minimum atomic E-state index is -0.788. The second kappa shape index (κ2) is 9.35. The lowest BCUT2D eigenvalue weighted by molar-refractivity contribution is -0.132. The molecule has 0 spiro atoms. The molecule has 0 aliphatic carbocycles. The van der Waals surface area contributed by atoms with E-state index < -0.39 is 12.0 Å². The van der Waals surface area contributed by atoms with Crippen molar-refractivity contribution < 1.29 is 23.5 Å². The van der Waals surface area contributed by atoms with E-state index in [2.05, 4.69) is 10.9 Å². The molecule has 2 aromatic carbocycles. The summed E-state index contributed by atoms with van der Waals surface area (Å²) in [7, 11) is 0. The van der Waals surface area contributed by atoms with Crippen molar-refractivity contribution in [3.05, 3.63) is 59.4 Å². The molecule has 0 aliphatic rings. The molecule has 158 valence electrons. The topological polar surface area (TPSA) is 89.8 Å². The third-order valence-corrected chi connectivity index (χ3v) is 4.83. The molecule has 7 heteroatoms. The van der Waals surface area contributed by atoms with Crippen LogP contribution in [0.15, 0.2) is 47.1 Å². The molecule has 0 fully saturated rings. The molecule has 0 bridgehead atoms. The van der Waals surface area contributed by atoms with Gasteiger partial charge in [-0.25, -0.2) is 0 Å². The van der Waals surface area contributed by atoms with Crippen LogP contribution in [0.3, 0.4) is 0 Å². The molecule has 30 heavy (non-hydrogen) atoms. The number of fused-ring (bicyclic) bond motifs is 1. The predicted octanol–water partition coefficient (Wildman–Crippen LogP) is 3.61. The van der Waals surface area contributed by atoms with Gasteiger partial charge in [-0.05, 0) is 63.1 Å². The molecular weight excluding hydrogens is 384 g/mol. The summed E-state index contributed by atoms with van der Waals surface area (Å²) in [6.45, 7) is 8.08. The normalized spacial score (nSPS) is 11.7. The van der Waals surface area contributed by atoms with Crippen LogP contribution in [-0.2, 0) is 16.0 Å². The maximum atomic E-state index is 12.3. The van der Waals surface area contributed by atoms with Gasteiger partial charge in [0, 0.05) is 10.9 Å². The number of hydrazine groups is 1. The van der Waals surface area contributed by atoms with Crippen LogP contribution in [0.25, 0.3) is 11.0 Å². The highest BCUT2D eigenvalue weighted by molar-refractivity contribution is 5.90. The first-order chi connectivity index (χ1) is 14.4. The quantitative estimate of drug-likeness (QED) is 0.581. The molecule has 2 N–H and O–H groups in total. The fourth-order valence-corrected chi connectivity index (χ4v) is 3.01. The lowest BCUT2D eigenvalue weighted by Crippen LogP contribution is -2.47. The lowest BCUT2D eigenvalue weighted by Gasteiger charge is -2.15. The van der Waals surface area contributed by atoms with Crippen LogP contribution in [-0.4, -0.2) is 24.5 Å². The van der Waals surface area contributed by atoms with E-state index in [4.69, 9.17) is 13.9 Å². The molecule has 1 heterocycles. The van der Waals surface area contributed by atoms with E-state index in [1.165, 1.54) is 0 Å². The van der Waals surface area contributed by atoms with Gasteiger partial charge >= 0.3 is 0 Å². The van der Waals surface area contributed by atoms with E-state index >= 15 is 0 Å². The Kier molecular flexibility index (Phi) is 6.61. The number of furan rings is 1. The van der Waals surface area contributed by atoms with Crippen LogP contribution in [0.2, 0.25) is 0 Å². The Morgan fingerprint density at radius 3 is 2.43 bits per heavy atom. The molecule has 0 saturated carbocycles. The molecule has 0 saturated heterocycles. The summed E-state index contributed by atoms with van der Waals surface area (Å²) < 4.78 is 16.6. The Labute approximate surface area is 175 Å². The highest BCUT2D eigenvalue weighted by Crippen LogP contribution is 2.26. The Bertz CT molecular complexity index is 1040. The van der Waals surface area contributed by atoms with Crippen LogP contribution in [0, 0.1) is 13.8 Å². The third-order valence-electron chi connectivity index (χ3n) is 4.83. The summed E-state index contributed by atoms with van der Waals surface area (Å²) >= 11 is 0. The molecule has 2 amide bonds. The van der Waals surface area contributed by atoms with Crippen molar-refractivity contribution in [1.82, 2.24) is 10.9 Å². The molecule has 7 nitrogen and oxygen atoms in total. The van der Waals surface area contributed by atoms with Crippen LogP contribution >= 0.6 is 0 Å². The van der Waals surface area contributed by atoms with Crippen LogP contribution in [0.5, 0.6) is 11.5 Å². The average Bonchev–Trinajstić information content (AvgIpc) is 3.13. The Morgan fingerprint density at radius 2 is 1.73 bits per heavy atom. The smallest absolute Gasteiger partial charge is 0.279 e. The first kappa shape index (κ1) is 21.2. The zero-order valence-electron chi connectivity index (χ0n) is 17.6. The summed E-state index contributed by atoms with van der Waals surface area (Å²) in [6, 6.07) is 10.9. The van der Waals surface area contributed by atoms with Crippen LogP contribution in [0.1, 0.15) is 30.5 Å². The van der Waals surface area contributed by atoms with Gasteiger partial charge in [0.25, 0.3) is 5.91 Å². The van der Waals surface area contributed by atoms with Gasteiger partial charge in [0.1, 0.15) is 17.1 Å². The fraction of sp³-hybridized carbons (Fsp3) is 0.304. The second-order valence-corrected chi connectivity index (χ2v) is 7.02. The van der Waals surface area contributed by atoms with Crippen molar-refractivity contribution in [2.45, 2.75) is 40.2 Å². The first-order valence-corrected chi connectivity index (χ1v) is 9.83. The van der Waals surface area contributed by atoms with E-state index in [1.54, 1.807) is 37.5 Å². The number of carbonyl (C=O) groups is 2. The number of amides is 2. The number of benzene rings is 2. The molecule has 1 atom stereocenters. The largest absolute Gasteiger partial charge is 0.494 e. The van der Waals surface area contributed by atoms with Crippen molar-refractivity contribution in [3.8, 4) is 11.5 Å².